The molecule has 1 unspecified atom stereocenters. The summed E-state index contributed by atoms with van der Waals surface area (Å²) in [6.45, 7) is 3.78. The fraction of sp³-hybridized carbons (Fsp3) is 0.150. The summed E-state index contributed by atoms with van der Waals surface area (Å²) >= 11 is 3.43. The van der Waals surface area contributed by atoms with E-state index < -0.39 is 5.91 Å². The number of allylic oxidation sites excluding steroid dienone is 2. The van der Waals surface area contributed by atoms with Crippen molar-refractivity contribution in [3.63, 3.8) is 0 Å². The minimum atomic E-state index is -0.565. The number of halogens is 1. The Morgan fingerprint density at radius 3 is 2.20 bits per heavy atom. The van der Waals surface area contributed by atoms with Crippen molar-refractivity contribution >= 4 is 21.8 Å². The Morgan fingerprint density at radius 2 is 1.64 bits per heavy atom. The van der Waals surface area contributed by atoms with Crippen molar-refractivity contribution in [2.45, 2.75) is 20.0 Å². The van der Waals surface area contributed by atoms with E-state index in [2.05, 4.69) is 28.1 Å². The van der Waals surface area contributed by atoms with Crippen LogP contribution in [0.4, 0.5) is 0 Å². The molecule has 2 rings (SSSR count). The van der Waals surface area contributed by atoms with E-state index in [1.54, 1.807) is 11.6 Å². The quantitative estimate of drug-likeness (QED) is 0.313. The molecule has 0 spiro atoms. The SMILES string of the molecule is CC(/C=C/C(=O)NO)=C\C(C)Oc1ccc(-c2ccc(Br)cc2)cc1. The van der Waals surface area contributed by atoms with Gasteiger partial charge in [-0.2, -0.15) is 0 Å². The van der Waals surface area contributed by atoms with Gasteiger partial charge in [-0.05, 0) is 55.3 Å². The van der Waals surface area contributed by atoms with Gasteiger partial charge in [0.1, 0.15) is 11.9 Å². The average molecular weight is 402 g/mol. The summed E-state index contributed by atoms with van der Waals surface area (Å²) in [5, 5.41) is 8.45. The highest BCUT2D eigenvalue weighted by atomic mass is 79.9. The van der Waals surface area contributed by atoms with Crippen molar-refractivity contribution in [3.05, 3.63) is 76.8 Å². The third kappa shape index (κ3) is 6.21. The minimum Gasteiger partial charge on any atom is -0.487 e. The second-order valence-electron chi connectivity index (χ2n) is 5.57. The van der Waals surface area contributed by atoms with Crippen LogP contribution in [0.15, 0.2) is 76.8 Å². The number of hydroxylamine groups is 1. The van der Waals surface area contributed by atoms with Crippen LogP contribution < -0.4 is 10.2 Å². The summed E-state index contributed by atoms with van der Waals surface area (Å²) in [7, 11) is 0. The summed E-state index contributed by atoms with van der Waals surface area (Å²) in [4.78, 5) is 11.0. The van der Waals surface area contributed by atoms with E-state index in [-0.39, 0.29) is 6.10 Å². The molecule has 0 aromatic heterocycles. The number of hydrogen-bond donors (Lipinski definition) is 2. The molecule has 0 radical (unpaired) electrons. The van der Waals surface area contributed by atoms with Crippen molar-refractivity contribution < 1.29 is 14.7 Å². The highest BCUT2D eigenvalue weighted by Gasteiger charge is 2.03. The van der Waals surface area contributed by atoms with E-state index in [9.17, 15) is 4.79 Å². The van der Waals surface area contributed by atoms with Gasteiger partial charge in [-0.3, -0.25) is 10.0 Å². The topological polar surface area (TPSA) is 58.6 Å². The summed E-state index contributed by atoms with van der Waals surface area (Å²) in [5.74, 6) is 0.208. The lowest BCUT2D eigenvalue weighted by Crippen LogP contribution is -2.15. The predicted molar refractivity (Wildman–Crippen MR) is 102 cm³/mol. The van der Waals surface area contributed by atoms with Crippen LogP contribution in [-0.4, -0.2) is 17.2 Å². The first kappa shape index (κ1) is 19.0. The van der Waals surface area contributed by atoms with Crippen LogP contribution in [-0.2, 0) is 4.79 Å². The summed E-state index contributed by atoms with van der Waals surface area (Å²) < 4.78 is 6.91. The van der Waals surface area contributed by atoms with Crippen LogP contribution in [0.1, 0.15) is 13.8 Å². The summed E-state index contributed by atoms with van der Waals surface area (Å²) in [5.41, 5.74) is 4.68. The zero-order valence-corrected chi connectivity index (χ0v) is 15.7. The van der Waals surface area contributed by atoms with E-state index in [0.29, 0.717) is 0 Å². The lowest BCUT2D eigenvalue weighted by molar-refractivity contribution is -0.124. The lowest BCUT2D eigenvalue weighted by Gasteiger charge is -2.12. The molecule has 0 aliphatic carbocycles. The number of rotatable bonds is 6. The highest BCUT2D eigenvalue weighted by Crippen LogP contribution is 2.24. The molecule has 0 aliphatic heterocycles. The van der Waals surface area contributed by atoms with Crippen LogP contribution in [0.3, 0.4) is 0 Å². The smallest absolute Gasteiger partial charge is 0.267 e. The van der Waals surface area contributed by atoms with Crippen molar-refractivity contribution in [1.82, 2.24) is 5.48 Å². The van der Waals surface area contributed by atoms with E-state index in [1.807, 2.05) is 56.3 Å². The predicted octanol–water partition coefficient (Wildman–Crippen LogP) is 4.89. The van der Waals surface area contributed by atoms with Gasteiger partial charge in [0, 0.05) is 10.5 Å². The molecule has 2 aromatic rings. The standard InChI is InChI=1S/C20H20BrNO3/c1-14(3-12-20(23)22-24)13-15(2)25-19-10-6-17(7-11-19)16-4-8-18(21)9-5-16/h3-13,15,24H,1-2H3,(H,22,23)/b12-3+,14-13+. The van der Waals surface area contributed by atoms with Crippen LogP contribution in [0.25, 0.3) is 11.1 Å². The van der Waals surface area contributed by atoms with Crippen LogP contribution in [0.5, 0.6) is 5.75 Å². The van der Waals surface area contributed by atoms with E-state index >= 15 is 0 Å². The van der Waals surface area contributed by atoms with Crippen molar-refractivity contribution in [1.29, 1.82) is 0 Å². The molecule has 0 aliphatic rings. The Kier molecular flexibility index (Phi) is 6.98. The molecule has 130 valence electrons. The maximum atomic E-state index is 11.0. The zero-order valence-electron chi connectivity index (χ0n) is 14.1. The third-order valence-corrected chi connectivity index (χ3v) is 3.99. The molecular formula is C20H20BrNO3. The number of nitrogens with one attached hydrogen (secondary N) is 1. The second-order valence-corrected chi connectivity index (χ2v) is 6.49. The van der Waals surface area contributed by atoms with Gasteiger partial charge < -0.3 is 4.74 Å². The normalized spacial score (nSPS) is 12.9. The fourth-order valence-corrected chi connectivity index (χ4v) is 2.55. The van der Waals surface area contributed by atoms with Crippen LogP contribution in [0, 0.1) is 0 Å². The minimum absolute atomic E-state index is 0.152. The first-order valence-electron chi connectivity index (χ1n) is 7.81. The first-order chi connectivity index (χ1) is 12.0. The number of carbonyl (C=O) groups excluding carboxylic acids is 1. The van der Waals surface area contributed by atoms with Crippen LogP contribution in [0.2, 0.25) is 0 Å². The largest absolute Gasteiger partial charge is 0.487 e. The average Bonchev–Trinajstić information content (AvgIpc) is 2.61. The number of amides is 1. The maximum absolute atomic E-state index is 11.0. The molecule has 0 bridgehead atoms. The lowest BCUT2D eigenvalue weighted by atomic mass is 10.1. The molecule has 1 amide bonds. The highest BCUT2D eigenvalue weighted by molar-refractivity contribution is 9.10. The van der Waals surface area contributed by atoms with Gasteiger partial charge in [-0.1, -0.05) is 51.8 Å². The molecule has 1 atom stereocenters. The molecular weight excluding hydrogens is 382 g/mol. The Bertz CT molecular complexity index is 765. The first-order valence-corrected chi connectivity index (χ1v) is 8.60. The molecule has 0 fully saturated rings. The molecule has 0 heterocycles. The van der Waals surface area contributed by atoms with Crippen molar-refractivity contribution in [2.75, 3.05) is 0 Å². The van der Waals surface area contributed by atoms with E-state index in [0.717, 1.165) is 26.9 Å². The Hall–Kier alpha value is -2.37. The molecule has 2 aromatic carbocycles. The Morgan fingerprint density at radius 1 is 1.08 bits per heavy atom. The third-order valence-electron chi connectivity index (χ3n) is 3.46. The fourth-order valence-electron chi connectivity index (χ4n) is 2.29. The Labute approximate surface area is 155 Å². The van der Waals surface area contributed by atoms with Gasteiger partial charge in [-0.25, -0.2) is 5.48 Å². The molecule has 25 heavy (non-hydrogen) atoms. The Balaban J connectivity index is 1.99. The number of carbonyl (C=O) groups is 1. The molecule has 0 saturated carbocycles. The van der Waals surface area contributed by atoms with Gasteiger partial charge >= 0.3 is 0 Å². The van der Waals surface area contributed by atoms with Gasteiger partial charge in [0.2, 0.25) is 0 Å². The zero-order chi connectivity index (χ0) is 18.2. The molecule has 2 N–H and O–H groups in total. The van der Waals surface area contributed by atoms with Gasteiger partial charge in [0.05, 0.1) is 0 Å². The monoisotopic (exact) mass is 401 g/mol. The van der Waals surface area contributed by atoms with Gasteiger partial charge in [-0.15, -0.1) is 0 Å². The van der Waals surface area contributed by atoms with E-state index in [4.69, 9.17) is 9.94 Å². The number of ether oxygens (including phenoxy) is 1. The van der Waals surface area contributed by atoms with Gasteiger partial charge in [0.25, 0.3) is 5.91 Å². The summed E-state index contributed by atoms with van der Waals surface area (Å²) in [6.07, 6.45) is 4.61. The van der Waals surface area contributed by atoms with Crippen molar-refractivity contribution in [3.8, 4) is 16.9 Å². The van der Waals surface area contributed by atoms with Gasteiger partial charge in [0.15, 0.2) is 0 Å². The molecule has 4 nitrogen and oxygen atoms in total. The second kappa shape index (κ2) is 9.20. The maximum Gasteiger partial charge on any atom is 0.267 e. The van der Waals surface area contributed by atoms with Crippen LogP contribution >= 0.6 is 15.9 Å². The number of hydrogen-bond acceptors (Lipinski definition) is 3. The molecule has 5 heteroatoms. The molecule has 0 saturated heterocycles. The summed E-state index contributed by atoms with van der Waals surface area (Å²) in [6, 6.07) is 16.1. The van der Waals surface area contributed by atoms with E-state index in [1.165, 1.54) is 6.08 Å². The van der Waals surface area contributed by atoms with Crippen molar-refractivity contribution in [2.24, 2.45) is 0 Å². The number of benzene rings is 2.